The Balaban J connectivity index is 1.31. The highest BCUT2D eigenvalue weighted by molar-refractivity contribution is 7.09. The van der Waals surface area contributed by atoms with Crippen LogP contribution >= 0.6 is 11.3 Å². The standard InChI is InChI=1S/C30H28N4O3S/c31-24(15-20-9-3-1-4-10-20)29-34-27(19-38-29)28(35)33-26(30(36)37-18-21-11-5-2-6-12-21)16-22-17-32-25-14-8-7-13-23(22)25/h1-14,17,19,24,26,32H,15-16,18,31H2,(H,33,35). The number of benzene rings is 3. The number of carbonyl (C=O) groups excluding carboxylic acids is 2. The number of rotatable bonds is 10. The van der Waals surface area contributed by atoms with Crippen molar-refractivity contribution in [1.29, 1.82) is 0 Å². The molecule has 4 N–H and O–H groups in total. The number of fused-ring (bicyclic) bond motifs is 1. The van der Waals surface area contributed by atoms with Gasteiger partial charge in [-0.2, -0.15) is 0 Å². The van der Waals surface area contributed by atoms with Gasteiger partial charge in [-0.15, -0.1) is 11.3 Å². The minimum atomic E-state index is -0.895. The van der Waals surface area contributed by atoms with Crippen LogP contribution in [0.5, 0.6) is 0 Å². The molecule has 0 aliphatic heterocycles. The van der Waals surface area contributed by atoms with Crippen molar-refractivity contribution in [1.82, 2.24) is 15.3 Å². The highest BCUT2D eigenvalue weighted by atomic mass is 32.1. The Morgan fingerprint density at radius 3 is 2.37 bits per heavy atom. The zero-order valence-electron chi connectivity index (χ0n) is 20.7. The molecule has 192 valence electrons. The predicted octanol–water partition coefficient (Wildman–Crippen LogP) is 4.95. The Bertz CT molecular complexity index is 1510. The average molecular weight is 525 g/mol. The van der Waals surface area contributed by atoms with E-state index in [0.29, 0.717) is 11.4 Å². The van der Waals surface area contributed by atoms with Crippen LogP contribution in [0.1, 0.15) is 38.2 Å². The molecule has 0 spiro atoms. The van der Waals surface area contributed by atoms with Gasteiger partial charge in [0.15, 0.2) is 0 Å². The lowest BCUT2D eigenvalue weighted by molar-refractivity contribution is -0.147. The molecule has 5 aromatic rings. The molecule has 0 saturated carbocycles. The topological polar surface area (TPSA) is 110 Å². The monoisotopic (exact) mass is 524 g/mol. The average Bonchev–Trinajstić information content (AvgIpc) is 3.61. The molecule has 2 aromatic heterocycles. The summed E-state index contributed by atoms with van der Waals surface area (Å²) in [5, 5.41) is 6.18. The third-order valence-electron chi connectivity index (χ3n) is 6.28. The molecule has 38 heavy (non-hydrogen) atoms. The Hall–Kier alpha value is -4.27. The Kier molecular flexibility index (Phi) is 7.92. The Morgan fingerprint density at radius 1 is 0.921 bits per heavy atom. The van der Waals surface area contributed by atoms with Crippen molar-refractivity contribution in [2.45, 2.75) is 31.5 Å². The van der Waals surface area contributed by atoms with Gasteiger partial charge in [0.25, 0.3) is 5.91 Å². The van der Waals surface area contributed by atoms with Crippen LogP contribution in [-0.2, 0) is 29.0 Å². The number of nitrogens with zero attached hydrogens (tertiary/aromatic N) is 1. The van der Waals surface area contributed by atoms with Crippen LogP contribution in [0.4, 0.5) is 0 Å². The van der Waals surface area contributed by atoms with Gasteiger partial charge in [0, 0.05) is 28.9 Å². The quantitative estimate of drug-likeness (QED) is 0.224. The zero-order chi connectivity index (χ0) is 26.3. The summed E-state index contributed by atoms with van der Waals surface area (Å²) < 4.78 is 5.60. The number of nitrogens with two attached hydrogens (primary N) is 1. The van der Waals surface area contributed by atoms with Crippen LogP contribution in [0.25, 0.3) is 10.9 Å². The van der Waals surface area contributed by atoms with E-state index < -0.39 is 17.9 Å². The van der Waals surface area contributed by atoms with Gasteiger partial charge in [-0.25, -0.2) is 9.78 Å². The Labute approximate surface area is 224 Å². The molecule has 2 heterocycles. The number of nitrogens with one attached hydrogen (secondary N) is 2. The van der Waals surface area contributed by atoms with Crippen molar-refractivity contribution >= 4 is 34.1 Å². The predicted molar refractivity (Wildman–Crippen MR) is 149 cm³/mol. The molecule has 5 rings (SSSR count). The molecule has 1 amide bonds. The number of ether oxygens (including phenoxy) is 1. The lowest BCUT2D eigenvalue weighted by atomic mass is 10.0. The molecule has 2 unspecified atom stereocenters. The summed E-state index contributed by atoms with van der Waals surface area (Å²) in [6.07, 6.45) is 2.75. The first-order valence-corrected chi connectivity index (χ1v) is 13.3. The molecule has 0 bridgehead atoms. The van der Waals surface area contributed by atoms with Gasteiger partial charge < -0.3 is 20.8 Å². The van der Waals surface area contributed by atoms with Gasteiger partial charge >= 0.3 is 5.97 Å². The van der Waals surface area contributed by atoms with Crippen LogP contribution in [0.3, 0.4) is 0 Å². The van der Waals surface area contributed by atoms with Gasteiger partial charge in [0.2, 0.25) is 0 Å². The normalized spacial score (nSPS) is 12.7. The van der Waals surface area contributed by atoms with Crippen molar-refractivity contribution in [2.75, 3.05) is 0 Å². The lowest BCUT2D eigenvalue weighted by Crippen LogP contribution is -2.43. The summed E-state index contributed by atoms with van der Waals surface area (Å²) in [4.78, 5) is 34.1. The van der Waals surface area contributed by atoms with Crippen LogP contribution in [0.15, 0.2) is 96.5 Å². The fraction of sp³-hybridized carbons (Fsp3) is 0.167. The molecule has 7 nitrogen and oxygen atoms in total. The van der Waals surface area contributed by atoms with Gasteiger partial charge in [-0.05, 0) is 29.2 Å². The molecule has 0 fully saturated rings. The maximum atomic E-state index is 13.2. The summed E-state index contributed by atoms with van der Waals surface area (Å²) in [5.41, 5.74) is 10.4. The first kappa shape index (κ1) is 25.4. The molecule has 0 aliphatic rings. The zero-order valence-corrected chi connectivity index (χ0v) is 21.5. The van der Waals surface area contributed by atoms with E-state index in [2.05, 4.69) is 15.3 Å². The molecule has 0 aliphatic carbocycles. The fourth-order valence-corrected chi connectivity index (χ4v) is 5.09. The molecule has 3 aromatic carbocycles. The van der Waals surface area contributed by atoms with Gasteiger partial charge in [0.05, 0.1) is 6.04 Å². The number of carbonyl (C=O) groups is 2. The number of hydrogen-bond donors (Lipinski definition) is 3. The summed E-state index contributed by atoms with van der Waals surface area (Å²) in [5.74, 6) is -0.954. The molecule has 0 saturated heterocycles. The largest absolute Gasteiger partial charge is 0.459 e. The van der Waals surface area contributed by atoms with E-state index in [1.165, 1.54) is 11.3 Å². The number of para-hydroxylation sites is 1. The van der Waals surface area contributed by atoms with E-state index in [4.69, 9.17) is 10.5 Å². The maximum Gasteiger partial charge on any atom is 0.329 e. The van der Waals surface area contributed by atoms with Crippen molar-refractivity contribution in [3.05, 3.63) is 124 Å². The van der Waals surface area contributed by atoms with Crippen LogP contribution in [-0.4, -0.2) is 27.9 Å². The van der Waals surface area contributed by atoms with Crippen LogP contribution in [0.2, 0.25) is 0 Å². The summed E-state index contributed by atoms with van der Waals surface area (Å²) in [7, 11) is 0. The van der Waals surface area contributed by atoms with Crippen molar-refractivity contribution < 1.29 is 14.3 Å². The highest BCUT2D eigenvalue weighted by Gasteiger charge is 2.26. The maximum absolute atomic E-state index is 13.2. The SMILES string of the molecule is NC(Cc1ccccc1)c1nc(C(=O)NC(Cc2c[nH]c3ccccc23)C(=O)OCc2ccccc2)cs1. The van der Waals surface area contributed by atoms with Crippen molar-refractivity contribution in [3.63, 3.8) is 0 Å². The number of H-pyrrole nitrogens is 1. The summed E-state index contributed by atoms with van der Waals surface area (Å²) >= 11 is 1.34. The van der Waals surface area contributed by atoms with Gasteiger partial charge in [0.1, 0.15) is 23.4 Å². The molecule has 2 atom stereocenters. The van der Waals surface area contributed by atoms with Crippen molar-refractivity contribution in [2.24, 2.45) is 5.73 Å². The Morgan fingerprint density at radius 2 is 1.61 bits per heavy atom. The first-order valence-electron chi connectivity index (χ1n) is 12.4. The lowest BCUT2D eigenvalue weighted by Gasteiger charge is -2.17. The minimum absolute atomic E-state index is 0.120. The van der Waals surface area contributed by atoms with Crippen LogP contribution in [0, 0.1) is 0 Å². The second-order valence-electron chi connectivity index (χ2n) is 9.05. The second kappa shape index (κ2) is 11.9. The third-order valence-corrected chi connectivity index (χ3v) is 7.26. The van der Waals surface area contributed by atoms with E-state index in [0.717, 1.165) is 27.6 Å². The summed E-state index contributed by atoms with van der Waals surface area (Å²) in [6.45, 7) is 0.120. The number of aromatic nitrogens is 2. The molecule has 8 heteroatoms. The van der Waals surface area contributed by atoms with E-state index in [-0.39, 0.29) is 24.8 Å². The van der Waals surface area contributed by atoms with E-state index >= 15 is 0 Å². The molecular formula is C30H28N4O3S. The van der Waals surface area contributed by atoms with E-state index in [9.17, 15) is 9.59 Å². The van der Waals surface area contributed by atoms with Gasteiger partial charge in [-0.1, -0.05) is 78.9 Å². The number of amides is 1. The fourth-order valence-electron chi connectivity index (χ4n) is 4.29. The number of aromatic amines is 1. The molecular weight excluding hydrogens is 496 g/mol. The number of thiazole rings is 1. The highest BCUT2D eigenvalue weighted by Crippen LogP contribution is 2.22. The minimum Gasteiger partial charge on any atom is -0.459 e. The first-order chi connectivity index (χ1) is 18.6. The summed E-state index contributed by atoms with van der Waals surface area (Å²) in [6, 6.07) is 26.0. The van der Waals surface area contributed by atoms with Crippen molar-refractivity contribution in [3.8, 4) is 0 Å². The van der Waals surface area contributed by atoms with Gasteiger partial charge in [-0.3, -0.25) is 4.79 Å². The number of hydrogen-bond acceptors (Lipinski definition) is 6. The molecule has 0 radical (unpaired) electrons. The smallest absolute Gasteiger partial charge is 0.329 e. The van der Waals surface area contributed by atoms with Crippen LogP contribution < -0.4 is 11.1 Å². The van der Waals surface area contributed by atoms with E-state index in [1.807, 2.05) is 91.1 Å². The number of esters is 1. The second-order valence-corrected chi connectivity index (χ2v) is 9.94. The third kappa shape index (κ3) is 6.16. The van der Waals surface area contributed by atoms with E-state index in [1.54, 1.807) is 5.38 Å².